The molecule has 1 aliphatic rings. The highest BCUT2D eigenvalue weighted by Gasteiger charge is 2.14. The first kappa shape index (κ1) is 21.6. The molecule has 0 bridgehead atoms. The Morgan fingerprint density at radius 2 is 1.76 bits per heavy atom. The summed E-state index contributed by atoms with van der Waals surface area (Å²) in [7, 11) is 0. The summed E-state index contributed by atoms with van der Waals surface area (Å²) >= 11 is 0. The molecule has 0 atom stereocenters. The summed E-state index contributed by atoms with van der Waals surface area (Å²) in [4.78, 5) is 14.9. The minimum absolute atomic E-state index is 0.199. The topological polar surface area (TPSA) is 115 Å². The van der Waals surface area contributed by atoms with E-state index in [1.165, 1.54) is 19.3 Å². The quantitative estimate of drug-likeness (QED) is 0.426. The van der Waals surface area contributed by atoms with Crippen molar-refractivity contribution in [3.63, 3.8) is 0 Å². The Bertz CT molecular complexity index is 1270. The number of anilines is 4. The maximum absolute atomic E-state index is 6.04. The van der Waals surface area contributed by atoms with Crippen molar-refractivity contribution >= 4 is 23.3 Å². The van der Waals surface area contributed by atoms with E-state index in [9.17, 15) is 0 Å². The molecule has 3 N–H and O–H groups in total. The lowest BCUT2D eigenvalue weighted by Gasteiger charge is -2.27. The molecule has 0 saturated carbocycles. The van der Waals surface area contributed by atoms with Crippen molar-refractivity contribution in [1.82, 2.24) is 25.1 Å². The van der Waals surface area contributed by atoms with Gasteiger partial charge in [0.1, 0.15) is 5.75 Å². The van der Waals surface area contributed by atoms with Crippen LogP contribution in [0.5, 0.6) is 11.6 Å². The number of piperidine rings is 1. The highest BCUT2D eigenvalue weighted by molar-refractivity contribution is 5.66. The second-order valence-electron chi connectivity index (χ2n) is 8.19. The summed E-state index contributed by atoms with van der Waals surface area (Å²) in [5.41, 5.74) is 9.06. The number of nitrogens with two attached hydrogens (primary N) is 1. The van der Waals surface area contributed by atoms with Gasteiger partial charge in [0, 0.05) is 31.2 Å². The standard InChI is InChI=1S/C25H26N8O/c1-17-16-22(33-14-3-2-4-15-33)31-32-23(17)29-18-7-9-19(10-8-18)34-24-20(6-5-12-27-24)21-11-13-28-25(26)30-21/h5-13,16H,2-4,14-15H2,1H3,(H,29,32)(H2,26,28,30). The van der Waals surface area contributed by atoms with E-state index in [2.05, 4.69) is 41.4 Å². The van der Waals surface area contributed by atoms with Crippen LogP contribution in [0, 0.1) is 6.92 Å². The highest BCUT2D eigenvalue weighted by Crippen LogP contribution is 2.31. The number of nitrogens with zero attached hydrogens (tertiary/aromatic N) is 6. The molecule has 0 radical (unpaired) electrons. The number of benzene rings is 1. The van der Waals surface area contributed by atoms with Gasteiger partial charge < -0.3 is 20.7 Å². The van der Waals surface area contributed by atoms with Crippen molar-refractivity contribution in [3.8, 4) is 22.9 Å². The Morgan fingerprint density at radius 1 is 0.941 bits per heavy atom. The van der Waals surface area contributed by atoms with E-state index in [1.807, 2.05) is 43.3 Å². The van der Waals surface area contributed by atoms with Gasteiger partial charge in [0.25, 0.3) is 0 Å². The maximum Gasteiger partial charge on any atom is 0.228 e. The smallest absolute Gasteiger partial charge is 0.228 e. The Labute approximate surface area is 198 Å². The predicted molar refractivity (Wildman–Crippen MR) is 132 cm³/mol. The third kappa shape index (κ3) is 4.88. The second-order valence-corrected chi connectivity index (χ2v) is 8.19. The molecule has 1 aliphatic heterocycles. The van der Waals surface area contributed by atoms with Crippen LogP contribution in [0.4, 0.5) is 23.3 Å². The lowest BCUT2D eigenvalue weighted by atomic mass is 10.1. The van der Waals surface area contributed by atoms with E-state index in [0.29, 0.717) is 17.3 Å². The molecule has 172 valence electrons. The van der Waals surface area contributed by atoms with Crippen LogP contribution in [0.15, 0.2) is 60.9 Å². The van der Waals surface area contributed by atoms with E-state index in [1.54, 1.807) is 18.5 Å². The SMILES string of the molecule is Cc1cc(N2CCCCC2)nnc1Nc1ccc(Oc2ncccc2-c2ccnc(N)n2)cc1. The van der Waals surface area contributed by atoms with Gasteiger partial charge in [0.2, 0.25) is 11.8 Å². The van der Waals surface area contributed by atoms with Crippen LogP contribution in [-0.2, 0) is 0 Å². The number of pyridine rings is 1. The average Bonchev–Trinajstić information content (AvgIpc) is 2.87. The van der Waals surface area contributed by atoms with Crippen LogP contribution in [0.1, 0.15) is 24.8 Å². The van der Waals surface area contributed by atoms with Crippen LogP contribution < -0.4 is 20.7 Å². The molecular formula is C25H26N8O. The van der Waals surface area contributed by atoms with Crippen molar-refractivity contribution in [2.24, 2.45) is 0 Å². The monoisotopic (exact) mass is 454 g/mol. The van der Waals surface area contributed by atoms with Crippen molar-refractivity contribution in [3.05, 3.63) is 66.5 Å². The predicted octanol–water partition coefficient (Wildman–Crippen LogP) is 4.75. The minimum Gasteiger partial charge on any atom is -0.438 e. The fourth-order valence-corrected chi connectivity index (χ4v) is 3.92. The molecule has 3 aromatic heterocycles. The molecule has 0 unspecified atom stereocenters. The molecule has 4 heterocycles. The number of nitrogen functional groups attached to an aromatic ring is 1. The van der Waals surface area contributed by atoms with Gasteiger partial charge in [0.15, 0.2) is 11.6 Å². The molecule has 0 spiro atoms. The summed E-state index contributed by atoms with van der Waals surface area (Å²) < 4.78 is 6.04. The van der Waals surface area contributed by atoms with Gasteiger partial charge in [0.05, 0.1) is 11.3 Å². The zero-order valence-corrected chi connectivity index (χ0v) is 19.0. The summed E-state index contributed by atoms with van der Waals surface area (Å²) in [6.45, 7) is 4.14. The molecule has 34 heavy (non-hydrogen) atoms. The van der Waals surface area contributed by atoms with Crippen LogP contribution >= 0.6 is 0 Å². The van der Waals surface area contributed by atoms with Crippen LogP contribution in [0.3, 0.4) is 0 Å². The molecule has 0 amide bonds. The zero-order valence-electron chi connectivity index (χ0n) is 19.0. The van der Waals surface area contributed by atoms with Crippen LogP contribution in [-0.4, -0.2) is 38.2 Å². The molecule has 9 nitrogen and oxygen atoms in total. The van der Waals surface area contributed by atoms with Gasteiger partial charge in [-0.15, -0.1) is 10.2 Å². The van der Waals surface area contributed by atoms with Gasteiger partial charge >= 0.3 is 0 Å². The number of ether oxygens (including phenoxy) is 1. The van der Waals surface area contributed by atoms with E-state index in [0.717, 1.165) is 41.5 Å². The molecule has 5 rings (SSSR count). The summed E-state index contributed by atoms with van der Waals surface area (Å²) in [6.07, 6.45) is 7.00. The Morgan fingerprint density at radius 3 is 2.53 bits per heavy atom. The minimum atomic E-state index is 0.199. The summed E-state index contributed by atoms with van der Waals surface area (Å²) in [6, 6.07) is 15.2. The fraction of sp³-hybridized carbons (Fsp3) is 0.240. The third-order valence-corrected chi connectivity index (χ3v) is 5.70. The number of rotatable bonds is 6. The Hall–Kier alpha value is -4.27. The molecule has 1 saturated heterocycles. The van der Waals surface area contributed by atoms with Crippen LogP contribution in [0.2, 0.25) is 0 Å². The Kier molecular flexibility index (Phi) is 6.15. The largest absolute Gasteiger partial charge is 0.438 e. The number of nitrogens with one attached hydrogen (secondary N) is 1. The van der Waals surface area contributed by atoms with Gasteiger partial charge in [-0.05, 0) is 80.3 Å². The van der Waals surface area contributed by atoms with E-state index < -0.39 is 0 Å². The van der Waals surface area contributed by atoms with E-state index in [-0.39, 0.29) is 5.95 Å². The van der Waals surface area contributed by atoms with E-state index >= 15 is 0 Å². The van der Waals surface area contributed by atoms with E-state index in [4.69, 9.17) is 10.5 Å². The normalized spacial score (nSPS) is 13.5. The number of aromatic nitrogens is 5. The molecule has 4 aromatic rings. The number of hydrogen-bond acceptors (Lipinski definition) is 9. The molecule has 9 heteroatoms. The molecule has 0 aliphatic carbocycles. The van der Waals surface area contributed by atoms with Gasteiger partial charge in [-0.2, -0.15) is 0 Å². The number of aryl methyl sites for hydroxylation is 1. The first-order valence-electron chi connectivity index (χ1n) is 11.3. The van der Waals surface area contributed by atoms with Gasteiger partial charge in [-0.3, -0.25) is 0 Å². The lowest BCUT2D eigenvalue weighted by molar-refractivity contribution is 0.465. The molecular weight excluding hydrogens is 428 g/mol. The third-order valence-electron chi connectivity index (χ3n) is 5.70. The van der Waals surface area contributed by atoms with Gasteiger partial charge in [-0.1, -0.05) is 0 Å². The zero-order chi connectivity index (χ0) is 23.3. The highest BCUT2D eigenvalue weighted by atomic mass is 16.5. The lowest BCUT2D eigenvalue weighted by Crippen LogP contribution is -2.30. The summed E-state index contributed by atoms with van der Waals surface area (Å²) in [5.74, 6) is 2.98. The number of hydrogen-bond donors (Lipinski definition) is 2. The summed E-state index contributed by atoms with van der Waals surface area (Å²) in [5, 5.41) is 12.2. The first-order valence-corrected chi connectivity index (χ1v) is 11.3. The van der Waals surface area contributed by atoms with Gasteiger partial charge in [-0.25, -0.2) is 15.0 Å². The molecule has 1 aromatic carbocycles. The molecule has 1 fully saturated rings. The fourth-order valence-electron chi connectivity index (χ4n) is 3.92. The van der Waals surface area contributed by atoms with Crippen LogP contribution in [0.25, 0.3) is 11.3 Å². The second kappa shape index (κ2) is 9.70. The van der Waals surface area contributed by atoms with Crippen molar-refractivity contribution in [2.45, 2.75) is 26.2 Å². The van der Waals surface area contributed by atoms with Crippen molar-refractivity contribution in [1.29, 1.82) is 0 Å². The van der Waals surface area contributed by atoms with Crippen molar-refractivity contribution in [2.75, 3.05) is 29.0 Å². The van der Waals surface area contributed by atoms with Crippen molar-refractivity contribution < 1.29 is 4.74 Å². The maximum atomic E-state index is 6.04. The first-order chi connectivity index (χ1) is 16.7. The average molecular weight is 455 g/mol. The Balaban J connectivity index is 1.29.